The van der Waals surface area contributed by atoms with Gasteiger partial charge in [0.05, 0.1) is 28.0 Å². The van der Waals surface area contributed by atoms with Crippen molar-refractivity contribution in [2.75, 3.05) is 6.26 Å². The van der Waals surface area contributed by atoms with Gasteiger partial charge in [-0.05, 0) is 36.4 Å². The van der Waals surface area contributed by atoms with E-state index in [1.807, 2.05) is 6.07 Å². The Bertz CT molecular complexity index is 1500. The molecule has 0 fully saturated rings. The van der Waals surface area contributed by atoms with Crippen molar-refractivity contribution in [2.24, 2.45) is 0 Å². The van der Waals surface area contributed by atoms with Gasteiger partial charge >= 0.3 is 0 Å². The average molecular weight is 513 g/mol. The fourth-order valence-electron chi connectivity index (χ4n) is 3.22. The van der Waals surface area contributed by atoms with Crippen LogP contribution in [0.25, 0.3) is 27.8 Å². The Morgan fingerprint density at radius 2 is 1.75 bits per heavy atom. The number of fused-ring (bicyclic) bond motifs is 1. The van der Waals surface area contributed by atoms with E-state index in [2.05, 4.69) is 5.10 Å². The van der Waals surface area contributed by atoms with Crippen molar-refractivity contribution >= 4 is 61.6 Å². The van der Waals surface area contributed by atoms with Crippen molar-refractivity contribution in [1.82, 2.24) is 14.5 Å². The first-order chi connectivity index (χ1) is 15.0. The molecular weight excluding hydrogens is 500 g/mol. The normalized spacial score (nSPS) is 11.7. The molecule has 164 valence electrons. The summed E-state index contributed by atoms with van der Waals surface area (Å²) < 4.78 is 40.6. The zero-order chi connectivity index (χ0) is 23.2. The zero-order valence-corrected chi connectivity index (χ0v) is 19.3. The Morgan fingerprint density at radius 3 is 2.44 bits per heavy atom. The van der Waals surface area contributed by atoms with Crippen LogP contribution in [0.5, 0.6) is 0 Å². The summed E-state index contributed by atoms with van der Waals surface area (Å²) in [6.07, 6.45) is 0.789. The lowest BCUT2D eigenvalue weighted by atomic mass is 10.1. The van der Waals surface area contributed by atoms with Crippen LogP contribution in [0.4, 0.5) is 4.39 Å². The van der Waals surface area contributed by atoms with Gasteiger partial charge < -0.3 is 0 Å². The van der Waals surface area contributed by atoms with E-state index in [1.54, 1.807) is 41.1 Å². The monoisotopic (exact) mass is 511 g/mol. The van der Waals surface area contributed by atoms with Crippen LogP contribution >= 0.6 is 34.8 Å². The molecule has 0 aliphatic rings. The SMILES string of the molecule is CS(=O)(=O)NC(=O)c1cc(Cl)c(-n2nc(-c3cccc(Cl)c3)c3cc(Cl)ccc32)cc1F. The van der Waals surface area contributed by atoms with Gasteiger partial charge in [-0.1, -0.05) is 46.9 Å². The number of halogens is 4. The second-order valence-corrected chi connectivity index (χ2v) is 9.95. The maximum atomic E-state index is 14.8. The molecule has 0 saturated heterocycles. The molecule has 1 N–H and O–H groups in total. The Hall–Kier alpha value is -2.65. The molecule has 0 radical (unpaired) electrons. The largest absolute Gasteiger partial charge is 0.268 e. The molecular formula is C21H13Cl3FN3O3S. The quantitative estimate of drug-likeness (QED) is 0.392. The molecule has 6 nitrogen and oxygen atoms in total. The third-order valence-electron chi connectivity index (χ3n) is 4.53. The molecule has 4 rings (SSSR count). The summed E-state index contributed by atoms with van der Waals surface area (Å²) in [6.45, 7) is 0. The van der Waals surface area contributed by atoms with Crippen molar-refractivity contribution in [3.63, 3.8) is 0 Å². The van der Waals surface area contributed by atoms with E-state index in [1.165, 1.54) is 4.68 Å². The number of carbonyl (C=O) groups is 1. The van der Waals surface area contributed by atoms with Crippen LogP contribution in [0.15, 0.2) is 54.6 Å². The van der Waals surface area contributed by atoms with E-state index in [0.717, 1.165) is 18.4 Å². The van der Waals surface area contributed by atoms with Crippen LogP contribution in [0.2, 0.25) is 15.1 Å². The first kappa shape index (κ1) is 22.5. The maximum absolute atomic E-state index is 14.8. The van der Waals surface area contributed by atoms with Gasteiger partial charge in [0, 0.05) is 27.1 Å². The number of sulfonamides is 1. The topological polar surface area (TPSA) is 81.1 Å². The third kappa shape index (κ3) is 4.45. The summed E-state index contributed by atoms with van der Waals surface area (Å²) in [5.41, 5.74) is 1.48. The Balaban J connectivity index is 1.91. The lowest BCUT2D eigenvalue weighted by Crippen LogP contribution is -2.30. The molecule has 0 aliphatic carbocycles. The number of amides is 1. The van der Waals surface area contributed by atoms with Gasteiger partial charge in [-0.15, -0.1) is 0 Å². The van der Waals surface area contributed by atoms with Gasteiger partial charge in [-0.3, -0.25) is 4.79 Å². The van der Waals surface area contributed by atoms with Gasteiger partial charge in [0.25, 0.3) is 5.91 Å². The van der Waals surface area contributed by atoms with Crippen LogP contribution in [-0.2, 0) is 10.0 Å². The Morgan fingerprint density at radius 1 is 1.03 bits per heavy atom. The molecule has 1 amide bonds. The summed E-state index contributed by atoms with van der Waals surface area (Å²) in [4.78, 5) is 12.1. The molecule has 3 aromatic carbocycles. The lowest BCUT2D eigenvalue weighted by molar-refractivity contribution is 0.0978. The number of nitrogens with zero attached hydrogens (tertiary/aromatic N) is 2. The van der Waals surface area contributed by atoms with Crippen molar-refractivity contribution in [3.05, 3.63) is 81.0 Å². The summed E-state index contributed by atoms with van der Waals surface area (Å²) in [5.74, 6) is -2.09. The zero-order valence-electron chi connectivity index (χ0n) is 16.2. The van der Waals surface area contributed by atoms with Gasteiger partial charge in [0.1, 0.15) is 11.5 Å². The number of aromatic nitrogens is 2. The minimum Gasteiger partial charge on any atom is -0.268 e. The van der Waals surface area contributed by atoms with Gasteiger partial charge in [-0.2, -0.15) is 5.10 Å². The minimum absolute atomic E-state index is 0.0120. The van der Waals surface area contributed by atoms with E-state index in [4.69, 9.17) is 34.8 Å². The Labute approximate surface area is 197 Å². The molecule has 0 spiro atoms. The molecule has 11 heteroatoms. The van der Waals surface area contributed by atoms with E-state index in [-0.39, 0.29) is 10.7 Å². The maximum Gasteiger partial charge on any atom is 0.267 e. The summed E-state index contributed by atoms with van der Waals surface area (Å²) >= 11 is 18.7. The number of benzene rings is 3. The van der Waals surface area contributed by atoms with Crippen molar-refractivity contribution in [3.8, 4) is 16.9 Å². The predicted octanol–water partition coefficient (Wildman–Crippen LogP) is 5.48. The standard InChI is InChI=1S/C21H13Cl3FN3O3S/c1-32(30,31)27-21(29)14-9-16(24)19(10-17(14)25)28-18-6-5-13(23)8-15(18)20(26-28)11-3-2-4-12(22)7-11/h2-10H,1H3,(H,27,29). The molecule has 0 bridgehead atoms. The van der Waals surface area contributed by atoms with E-state index in [9.17, 15) is 17.6 Å². The van der Waals surface area contributed by atoms with Crippen molar-refractivity contribution < 1.29 is 17.6 Å². The minimum atomic E-state index is -3.88. The smallest absolute Gasteiger partial charge is 0.267 e. The predicted molar refractivity (Wildman–Crippen MR) is 124 cm³/mol. The van der Waals surface area contributed by atoms with E-state index in [0.29, 0.717) is 32.2 Å². The first-order valence-corrected chi connectivity index (χ1v) is 12.0. The van der Waals surface area contributed by atoms with Gasteiger partial charge in [0.15, 0.2) is 0 Å². The number of hydrogen-bond acceptors (Lipinski definition) is 4. The van der Waals surface area contributed by atoms with Crippen LogP contribution in [0.3, 0.4) is 0 Å². The van der Waals surface area contributed by atoms with Gasteiger partial charge in [-0.25, -0.2) is 22.2 Å². The highest BCUT2D eigenvalue weighted by atomic mass is 35.5. The molecule has 0 atom stereocenters. The summed E-state index contributed by atoms with van der Waals surface area (Å²) in [5, 5.41) is 6.25. The molecule has 0 unspecified atom stereocenters. The fourth-order valence-corrected chi connectivity index (χ4v) is 4.27. The van der Waals surface area contributed by atoms with E-state index >= 15 is 0 Å². The highest BCUT2D eigenvalue weighted by Crippen LogP contribution is 2.35. The summed E-state index contributed by atoms with van der Waals surface area (Å²) in [6, 6.07) is 14.2. The summed E-state index contributed by atoms with van der Waals surface area (Å²) in [7, 11) is -3.88. The van der Waals surface area contributed by atoms with Crippen molar-refractivity contribution in [1.29, 1.82) is 0 Å². The highest BCUT2D eigenvalue weighted by Gasteiger charge is 2.21. The molecule has 1 aromatic heterocycles. The molecule has 0 saturated carbocycles. The number of nitrogens with one attached hydrogen (secondary N) is 1. The van der Waals surface area contributed by atoms with Crippen molar-refractivity contribution in [2.45, 2.75) is 0 Å². The lowest BCUT2D eigenvalue weighted by Gasteiger charge is -2.10. The van der Waals surface area contributed by atoms with Crippen LogP contribution in [-0.4, -0.2) is 30.4 Å². The third-order valence-corrected chi connectivity index (χ3v) is 5.86. The Kier molecular flexibility index (Phi) is 5.89. The van der Waals surface area contributed by atoms with Crippen LogP contribution in [0.1, 0.15) is 10.4 Å². The average Bonchev–Trinajstić information content (AvgIpc) is 3.06. The van der Waals surface area contributed by atoms with Crippen LogP contribution in [0, 0.1) is 5.82 Å². The molecule has 4 aromatic rings. The van der Waals surface area contributed by atoms with Gasteiger partial charge in [0.2, 0.25) is 10.0 Å². The second kappa shape index (κ2) is 8.37. The number of rotatable bonds is 4. The second-order valence-electron chi connectivity index (χ2n) is 6.92. The fraction of sp³-hybridized carbons (Fsp3) is 0.0476. The highest BCUT2D eigenvalue weighted by molar-refractivity contribution is 7.89. The van der Waals surface area contributed by atoms with Crippen LogP contribution < -0.4 is 4.72 Å². The molecule has 0 aliphatic heterocycles. The number of hydrogen-bond donors (Lipinski definition) is 1. The molecule has 32 heavy (non-hydrogen) atoms. The molecule has 1 heterocycles. The van der Waals surface area contributed by atoms with E-state index < -0.39 is 27.3 Å². The number of carbonyl (C=O) groups excluding carboxylic acids is 1. The first-order valence-electron chi connectivity index (χ1n) is 8.99.